The monoisotopic (exact) mass is 240 g/mol. The van der Waals surface area contributed by atoms with E-state index in [2.05, 4.69) is 31.1 Å². The Morgan fingerprint density at radius 1 is 1.12 bits per heavy atom. The second kappa shape index (κ2) is 8.93. The summed E-state index contributed by atoms with van der Waals surface area (Å²) in [5.41, 5.74) is 0. The molecule has 1 fully saturated rings. The molecule has 1 saturated carbocycles. The molecule has 102 valence electrons. The van der Waals surface area contributed by atoms with Crippen LogP contribution in [-0.4, -0.2) is 37.1 Å². The summed E-state index contributed by atoms with van der Waals surface area (Å²) in [5.74, 6) is 0. The number of nitrogens with one attached hydrogen (secondary N) is 1. The third kappa shape index (κ3) is 5.87. The van der Waals surface area contributed by atoms with Gasteiger partial charge in [0.1, 0.15) is 0 Å². The molecule has 0 radical (unpaired) electrons. The van der Waals surface area contributed by atoms with E-state index in [0.717, 1.165) is 12.1 Å². The van der Waals surface area contributed by atoms with E-state index in [1.54, 1.807) is 0 Å². The predicted octanol–water partition coefficient (Wildman–Crippen LogP) is 3.42. The highest BCUT2D eigenvalue weighted by Crippen LogP contribution is 2.22. The van der Waals surface area contributed by atoms with Crippen molar-refractivity contribution < 1.29 is 0 Å². The van der Waals surface area contributed by atoms with Crippen LogP contribution in [0.15, 0.2) is 0 Å². The van der Waals surface area contributed by atoms with Crippen LogP contribution in [0.1, 0.15) is 65.2 Å². The minimum Gasteiger partial charge on any atom is -0.314 e. The zero-order valence-electron chi connectivity index (χ0n) is 12.2. The lowest BCUT2D eigenvalue weighted by atomic mass is 9.90. The number of nitrogens with zero attached hydrogens (tertiary/aromatic N) is 1. The molecular weight excluding hydrogens is 208 g/mol. The normalized spacial score (nSPS) is 25.4. The smallest absolute Gasteiger partial charge is 0.0107 e. The Morgan fingerprint density at radius 3 is 2.65 bits per heavy atom. The highest BCUT2D eigenvalue weighted by atomic mass is 15.1. The Hall–Kier alpha value is -0.0800. The molecule has 1 aliphatic carbocycles. The molecule has 0 aromatic carbocycles. The van der Waals surface area contributed by atoms with Gasteiger partial charge in [-0.2, -0.15) is 0 Å². The van der Waals surface area contributed by atoms with Gasteiger partial charge in [-0.15, -0.1) is 0 Å². The quantitative estimate of drug-likeness (QED) is 0.654. The molecular formula is C15H32N2. The highest BCUT2D eigenvalue weighted by Gasteiger charge is 2.23. The summed E-state index contributed by atoms with van der Waals surface area (Å²) in [6.07, 6.45) is 10.9. The van der Waals surface area contributed by atoms with Gasteiger partial charge in [-0.1, -0.05) is 33.1 Å². The molecule has 0 aromatic heterocycles. The van der Waals surface area contributed by atoms with Crippen molar-refractivity contribution in [2.24, 2.45) is 0 Å². The van der Waals surface area contributed by atoms with Crippen LogP contribution in [0.3, 0.4) is 0 Å². The van der Waals surface area contributed by atoms with Crippen LogP contribution >= 0.6 is 0 Å². The van der Waals surface area contributed by atoms with Crippen molar-refractivity contribution in [3.05, 3.63) is 0 Å². The number of hydrogen-bond donors (Lipinski definition) is 1. The van der Waals surface area contributed by atoms with Gasteiger partial charge in [-0.25, -0.2) is 0 Å². The Bertz CT molecular complexity index is 182. The molecule has 2 atom stereocenters. The Kier molecular flexibility index (Phi) is 7.87. The minimum atomic E-state index is 0.780. The standard InChI is InChI=1S/C15H32N2/c1-4-6-7-12-17(3)15-10-8-9-14(13-15)16-11-5-2/h14-16H,4-13H2,1-3H3. The summed E-state index contributed by atoms with van der Waals surface area (Å²) in [6, 6.07) is 1.61. The molecule has 1 N–H and O–H groups in total. The van der Waals surface area contributed by atoms with Crippen LogP contribution in [0, 0.1) is 0 Å². The Morgan fingerprint density at radius 2 is 1.94 bits per heavy atom. The zero-order valence-corrected chi connectivity index (χ0v) is 12.2. The third-order valence-electron chi connectivity index (χ3n) is 4.07. The summed E-state index contributed by atoms with van der Waals surface area (Å²) in [6.45, 7) is 7.02. The summed E-state index contributed by atoms with van der Waals surface area (Å²) in [5, 5.41) is 3.70. The Labute approximate surface area is 108 Å². The van der Waals surface area contributed by atoms with E-state index in [9.17, 15) is 0 Å². The molecule has 17 heavy (non-hydrogen) atoms. The molecule has 0 heterocycles. The second-order valence-corrected chi connectivity index (χ2v) is 5.66. The molecule has 1 rings (SSSR count). The molecule has 2 unspecified atom stereocenters. The van der Waals surface area contributed by atoms with Crippen molar-refractivity contribution in [1.82, 2.24) is 10.2 Å². The fraction of sp³-hybridized carbons (Fsp3) is 1.00. The number of hydrogen-bond acceptors (Lipinski definition) is 2. The van der Waals surface area contributed by atoms with Crippen LogP contribution in [0.4, 0.5) is 0 Å². The van der Waals surface area contributed by atoms with Crippen LogP contribution in [0.5, 0.6) is 0 Å². The summed E-state index contributed by atoms with van der Waals surface area (Å²) in [4.78, 5) is 2.61. The van der Waals surface area contributed by atoms with E-state index in [1.165, 1.54) is 64.5 Å². The fourth-order valence-corrected chi connectivity index (χ4v) is 2.89. The van der Waals surface area contributed by atoms with Crippen molar-refractivity contribution in [2.45, 2.75) is 77.3 Å². The first kappa shape index (κ1) is 15.0. The van der Waals surface area contributed by atoms with E-state index in [0.29, 0.717) is 0 Å². The third-order valence-corrected chi connectivity index (χ3v) is 4.07. The van der Waals surface area contributed by atoms with E-state index < -0.39 is 0 Å². The lowest BCUT2D eigenvalue weighted by Gasteiger charge is -2.36. The fourth-order valence-electron chi connectivity index (χ4n) is 2.89. The second-order valence-electron chi connectivity index (χ2n) is 5.66. The molecule has 2 nitrogen and oxygen atoms in total. The van der Waals surface area contributed by atoms with Gasteiger partial charge in [0.05, 0.1) is 0 Å². The van der Waals surface area contributed by atoms with Crippen molar-refractivity contribution in [1.29, 1.82) is 0 Å². The van der Waals surface area contributed by atoms with E-state index in [4.69, 9.17) is 0 Å². The van der Waals surface area contributed by atoms with Gasteiger partial charge in [0.15, 0.2) is 0 Å². The predicted molar refractivity (Wildman–Crippen MR) is 76.5 cm³/mol. The first-order valence-electron chi connectivity index (χ1n) is 7.71. The molecule has 0 bridgehead atoms. The molecule has 0 aromatic rings. The number of rotatable bonds is 8. The van der Waals surface area contributed by atoms with Gasteiger partial charge in [0, 0.05) is 12.1 Å². The average Bonchev–Trinajstić information content (AvgIpc) is 2.37. The van der Waals surface area contributed by atoms with E-state index >= 15 is 0 Å². The summed E-state index contributed by atoms with van der Waals surface area (Å²) < 4.78 is 0. The Balaban J connectivity index is 2.22. The first-order valence-corrected chi connectivity index (χ1v) is 7.71. The lowest BCUT2D eigenvalue weighted by Crippen LogP contribution is -2.43. The van der Waals surface area contributed by atoms with E-state index in [1.807, 2.05) is 0 Å². The summed E-state index contributed by atoms with van der Waals surface area (Å²) >= 11 is 0. The van der Waals surface area contributed by atoms with Crippen molar-refractivity contribution >= 4 is 0 Å². The van der Waals surface area contributed by atoms with Gasteiger partial charge >= 0.3 is 0 Å². The molecule has 1 aliphatic rings. The highest BCUT2D eigenvalue weighted by molar-refractivity contribution is 4.82. The van der Waals surface area contributed by atoms with Crippen LogP contribution in [-0.2, 0) is 0 Å². The number of unbranched alkanes of at least 4 members (excludes halogenated alkanes) is 2. The van der Waals surface area contributed by atoms with Crippen LogP contribution in [0.25, 0.3) is 0 Å². The van der Waals surface area contributed by atoms with Crippen molar-refractivity contribution in [3.63, 3.8) is 0 Å². The average molecular weight is 240 g/mol. The first-order chi connectivity index (χ1) is 8.27. The van der Waals surface area contributed by atoms with Crippen molar-refractivity contribution in [3.8, 4) is 0 Å². The maximum atomic E-state index is 3.70. The SMILES string of the molecule is CCCCCN(C)C1CCCC(NCCC)C1. The van der Waals surface area contributed by atoms with Gasteiger partial charge in [-0.3, -0.25) is 0 Å². The maximum absolute atomic E-state index is 3.70. The van der Waals surface area contributed by atoms with E-state index in [-0.39, 0.29) is 0 Å². The lowest BCUT2D eigenvalue weighted by molar-refractivity contribution is 0.167. The molecule has 0 aliphatic heterocycles. The molecule has 0 amide bonds. The van der Waals surface area contributed by atoms with Crippen LogP contribution in [0.2, 0.25) is 0 Å². The zero-order chi connectivity index (χ0) is 12.5. The van der Waals surface area contributed by atoms with Crippen LogP contribution < -0.4 is 5.32 Å². The topological polar surface area (TPSA) is 15.3 Å². The van der Waals surface area contributed by atoms with Gasteiger partial charge < -0.3 is 10.2 Å². The van der Waals surface area contributed by atoms with Crippen molar-refractivity contribution in [2.75, 3.05) is 20.1 Å². The molecule has 2 heteroatoms. The minimum absolute atomic E-state index is 0.780. The summed E-state index contributed by atoms with van der Waals surface area (Å²) in [7, 11) is 2.32. The maximum Gasteiger partial charge on any atom is 0.0107 e. The van der Waals surface area contributed by atoms with Gasteiger partial charge in [0.25, 0.3) is 0 Å². The molecule has 0 spiro atoms. The van der Waals surface area contributed by atoms with Gasteiger partial charge in [0.2, 0.25) is 0 Å². The largest absolute Gasteiger partial charge is 0.314 e. The van der Waals surface area contributed by atoms with Gasteiger partial charge in [-0.05, 0) is 52.2 Å². The molecule has 0 saturated heterocycles.